The molecule has 0 aliphatic carbocycles. The van der Waals surface area contributed by atoms with E-state index in [4.69, 9.17) is 14.2 Å². The van der Waals surface area contributed by atoms with Gasteiger partial charge in [-0.05, 0) is 109 Å². The zero-order valence-corrected chi connectivity index (χ0v) is 54.3. The van der Waals surface area contributed by atoms with Gasteiger partial charge in [-0.25, -0.2) is 0 Å². The van der Waals surface area contributed by atoms with E-state index < -0.39 is 6.10 Å². The lowest BCUT2D eigenvalue weighted by Crippen LogP contribution is -2.30. The first-order valence-electron chi connectivity index (χ1n) is 35.8. The fraction of sp³-hybridized carbons (Fsp3) is 0.827. The summed E-state index contributed by atoms with van der Waals surface area (Å²) < 4.78 is 17.0. The van der Waals surface area contributed by atoms with Gasteiger partial charge < -0.3 is 14.2 Å². The largest absolute Gasteiger partial charge is 0.462 e. The lowest BCUT2D eigenvalue weighted by molar-refractivity contribution is -0.167. The number of rotatable bonds is 66. The van der Waals surface area contributed by atoms with Crippen LogP contribution in [0.25, 0.3) is 0 Å². The van der Waals surface area contributed by atoms with Gasteiger partial charge in [-0.1, -0.05) is 313 Å². The average molecular weight is 1130 g/mol. The lowest BCUT2D eigenvalue weighted by Gasteiger charge is -2.18. The molecule has 0 rings (SSSR count). The smallest absolute Gasteiger partial charge is 0.306 e. The van der Waals surface area contributed by atoms with Crippen LogP contribution in [0.4, 0.5) is 0 Å². The molecule has 6 nitrogen and oxygen atoms in total. The molecule has 0 aromatic rings. The summed E-state index contributed by atoms with van der Waals surface area (Å²) in [6, 6.07) is 0. The molecule has 1 atom stereocenters. The van der Waals surface area contributed by atoms with E-state index in [9.17, 15) is 14.4 Å². The van der Waals surface area contributed by atoms with Gasteiger partial charge in [0.25, 0.3) is 0 Å². The molecule has 0 bridgehead atoms. The molecule has 0 saturated heterocycles. The molecule has 0 heterocycles. The van der Waals surface area contributed by atoms with E-state index in [1.54, 1.807) is 0 Å². The zero-order chi connectivity index (χ0) is 58.5. The molecule has 81 heavy (non-hydrogen) atoms. The molecule has 0 aliphatic rings. The summed E-state index contributed by atoms with van der Waals surface area (Å²) in [5.41, 5.74) is 0. The molecule has 0 saturated carbocycles. The van der Waals surface area contributed by atoms with Crippen LogP contribution in [0.2, 0.25) is 0 Å². The highest BCUT2D eigenvalue weighted by Gasteiger charge is 2.19. The van der Waals surface area contributed by atoms with Gasteiger partial charge in [-0.2, -0.15) is 0 Å². The van der Waals surface area contributed by atoms with Crippen LogP contribution in [0.3, 0.4) is 0 Å². The Hall–Kier alpha value is -2.89. The van der Waals surface area contributed by atoms with Crippen molar-refractivity contribution in [1.29, 1.82) is 0 Å². The number of ether oxygens (including phenoxy) is 3. The molecule has 1 unspecified atom stereocenters. The number of carbonyl (C=O) groups is 3. The molecule has 0 spiro atoms. The molecule has 0 N–H and O–H groups in total. The second kappa shape index (κ2) is 69.6. The molecule has 472 valence electrons. The quantitative estimate of drug-likeness (QED) is 0.0261. The molecule has 0 aromatic heterocycles. The number of carbonyl (C=O) groups excluding carboxylic acids is 3. The van der Waals surface area contributed by atoms with Crippen molar-refractivity contribution in [1.82, 2.24) is 0 Å². The SMILES string of the molecule is CCCCCC/C=C\C/C=C\CCCCCCCCCC(=O)OC(COC(=O)CCCCCCCCC/C=C\CCCCCCCCC)COC(=O)CCCCCCCCCCCCCCCCC/C=C\C/C=C\CCCCCCC. The zero-order valence-electron chi connectivity index (χ0n) is 54.3. The van der Waals surface area contributed by atoms with E-state index in [2.05, 4.69) is 81.5 Å². The first kappa shape index (κ1) is 78.1. The van der Waals surface area contributed by atoms with Crippen molar-refractivity contribution in [3.63, 3.8) is 0 Å². The van der Waals surface area contributed by atoms with Gasteiger partial charge in [0.05, 0.1) is 0 Å². The summed E-state index contributed by atoms with van der Waals surface area (Å²) in [6.45, 7) is 6.66. The van der Waals surface area contributed by atoms with Gasteiger partial charge in [0.2, 0.25) is 0 Å². The van der Waals surface area contributed by atoms with Crippen LogP contribution in [0.5, 0.6) is 0 Å². The maximum atomic E-state index is 13.0. The van der Waals surface area contributed by atoms with Crippen LogP contribution >= 0.6 is 0 Å². The summed E-state index contributed by atoms with van der Waals surface area (Å²) in [5, 5.41) is 0. The Labute approximate surface area is 504 Å². The van der Waals surface area contributed by atoms with Crippen molar-refractivity contribution in [3.05, 3.63) is 60.8 Å². The van der Waals surface area contributed by atoms with Crippen LogP contribution in [-0.2, 0) is 28.6 Å². The maximum Gasteiger partial charge on any atom is 0.306 e. The Morgan fingerprint density at radius 1 is 0.247 bits per heavy atom. The Kier molecular flexibility index (Phi) is 67.1. The van der Waals surface area contributed by atoms with E-state index in [0.29, 0.717) is 19.3 Å². The number of allylic oxidation sites excluding steroid dienone is 10. The van der Waals surface area contributed by atoms with E-state index in [1.165, 1.54) is 263 Å². The first-order chi connectivity index (χ1) is 40.0. The third kappa shape index (κ3) is 67.8. The molecule has 0 fully saturated rings. The molecule has 0 amide bonds. The number of unbranched alkanes of at least 4 members (excludes halogenated alkanes) is 45. The predicted molar refractivity (Wildman–Crippen MR) is 353 cm³/mol. The molecule has 0 aliphatic heterocycles. The van der Waals surface area contributed by atoms with E-state index in [0.717, 1.165) is 77.0 Å². The normalized spacial score (nSPS) is 12.4. The fourth-order valence-electron chi connectivity index (χ4n) is 10.6. The average Bonchev–Trinajstić information content (AvgIpc) is 3.47. The van der Waals surface area contributed by atoms with Gasteiger partial charge in [0.15, 0.2) is 6.10 Å². The van der Waals surface area contributed by atoms with Crippen molar-refractivity contribution in [2.75, 3.05) is 13.2 Å². The maximum absolute atomic E-state index is 13.0. The standard InChI is InChI=1S/C75H136O6/c1-4-7-10-13-16-19-22-25-28-31-34-35-36-37-38-39-40-41-42-45-47-50-53-56-59-62-65-68-74(77)80-71-72(81-75(78)69-66-63-60-57-54-51-48-44-33-30-27-24-21-18-15-12-9-6-3)70-79-73(76)67-64-61-58-55-52-49-46-43-32-29-26-23-20-17-14-11-8-5-2/h21-22,24-25,29-34,72H,4-20,23,26-28,35-71H2,1-3H3/b24-21-,25-22-,32-29-,33-30-,34-31-. The number of hydrogen-bond acceptors (Lipinski definition) is 6. The molecular formula is C75H136O6. The highest BCUT2D eigenvalue weighted by molar-refractivity contribution is 5.71. The molecule has 0 radical (unpaired) electrons. The first-order valence-corrected chi connectivity index (χ1v) is 35.8. The number of hydrogen-bond donors (Lipinski definition) is 0. The molecule has 0 aromatic carbocycles. The van der Waals surface area contributed by atoms with Crippen molar-refractivity contribution in [2.45, 2.75) is 386 Å². The minimum absolute atomic E-state index is 0.0759. The minimum atomic E-state index is -0.781. The van der Waals surface area contributed by atoms with Crippen LogP contribution in [0, 0.1) is 0 Å². The van der Waals surface area contributed by atoms with E-state index >= 15 is 0 Å². The van der Waals surface area contributed by atoms with Gasteiger partial charge in [0, 0.05) is 19.3 Å². The highest BCUT2D eigenvalue weighted by Crippen LogP contribution is 2.18. The van der Waals surface area contributed by atoms with Crippen LogP contribution in [0.15, 0.2) is 60.8 Å². The monoisotopic (exact) mass is 1130 g/mol. The van der Waals surface area contributed by atoms with Crippen LogP contribution in [0.1, 0.15) is 380 Å². The third-order valence-corrected chi connectivity index (χ3v) is 16.0. The highest BCUT2D eigenvalue weighted by atomic mass is 16.6. The second-order valence-corrected chi connectivity index (χ2v) is 24.1. The van der Waals surface area contributed by atoms with Gasteiger partial charge in [-0.15, -0.1) is 0 Å². The van der Waals surface area contributed by atoms with E-state index in [-0.39, 0.29) is 31.1 Å². The summed E-state index contributed by atoms with van der Waals surface area (Å²) in [5.74, 6) is -0.865. The van der Waals surface area contributed by atoms with Crippen LogP contribution in [-0.4, -0.2) is 37.2 Å². The lowest BCUT2D eigenvalue weighted by atomic mass is 10.0. The van der Waals surface area contributed by atoms with Gasteiger partial charge in [-0.3, -0.25) is 14.4 Å². The predicted octanol–water partition coefficient (Wildman–Crippen LogP) is 24.7. The van der Waals surface area contributed by atoms with Crippen molar-refractivity contribution >= 4 is 17.9 Å². The summed E-state index contributed by atoms with van der Waals surface area (Å²) in [7, 11) is 0. The molecule has 6 heteroatoms. The Bertz CT molecular complexity index is 1440. The Morgan fingerprint density at radius 3 is 0.704 bits per heavy atom. The fourth-order valence-corrected chi connectivity index (χ4v) is 10.6. The van der Waals surface area contributed by atoms with Gasteiger partial charge in [0.1, 0.15) is 13.2 Å². The third-order valence-electron chi connectivity index (χ3n) is 16.0. The summed E-state index contributed by atoms with van der Waals surface area (Å²) in [6.07, 6.45) is 89.6. The van der Waals surface area contributed by atoms with Crippen molar-refractivity contribution in [2.24, 2.45) is 0 Å². The minimum Gasteiger partial charge on any atom is -0.462 e. The van der Waals surface area contributed by atoms with Crippen LogP contribution < -0.4 is 0 Å². The summed E-state index contributed by atoms with van der Waals surface area (Å²) >= 11 is 0. The van der Waals surface area contributed by atoms with Crippen molar-refractivity contribution in [3.8, 4) is 0 Å². The Balaban J connectivity index is 4.30. The molecular weight excluding hydrogens is 997 g/mol. The van der Waals surface area contributed by atoms with E-state index in [1.807, 2.05) is 0 Å². The topological polar surface area (TPSA) is 78.9 Å². The Morgan fingerprint density at radius 2 is 0.444 bits per heavy atom. The summed E-state index contributed by atoms with van der Waals surface area (Å²) in [4.78, 5) is 38.5. The van der Waals surface area contributed by atoms with Gasteiger partial charge >= 0.3 is 17.9 Å². The second-order valence-electron chi connectivity index (χ2n) is 24.1. The number of esters is 3. The van der Waals surface area contributed by atoms with Crippen molar-refractivity contribution < 1.29 is 28.6 Å².